The fraction of sp³-hybridized carbons (Fsp3) is 0.185. The highest BCUT2D eigenvalue weighted by atomic mass is 35.5. The Morgan fingerprint density at radius 2 is 1.94 bits per heavy atom. The molecule has 0 atom stereocenters. The van der Waals surface area contributed by atoms with Gasteiger partial charge in [0, 0.05) is 24.2 Å². The van der Waals surface area contributed by atoms with Crippen molar-refractivity contribution in [1.29, 1.82) is 0 Å². The zero-order valence-corrected chi connectivity index (χ0v) is 20.4. The number of benzene rings is 3. The molecule has 1 aliphatic rings. The molecule has 0 fully saturated rings. The number of carboxylic acids is 1. The van der Waals surface area contributed by atoms with Gasteiger partial charge < -0.3 is 14.7 Å². The summed E-state index contributed by atoms with van der Waals surface area (Å²) in [7, 11) is 1.71. The summed E-state index contributed by atoms with van der Waals surface area (Å²) in [6.07, 6.45) is 0. The standard InChI is InChI=1S/C27H22ClN3O5/c1-15-29-21-8-6-18-14-30(2)25(32)23(18)24(21)26(33)31(15)10-11-36-22-9-7-19(28)13-20(22)16-4-3-5-17(12-16)27(34)35/h3-9,12-13H,10-11,14H2,1-2H3,(H,34,35). The van der Waals surface area contributed by atoms with Crippen LogP contribution < -0.4 is 10.3 Å². The normalized spacial score (nSPS) is 12.8. The number of aryl methyl sites for hydroxylation is 1. The number of carbonyl (C=O) groups is 2. The van der Waals surface area contributed by atoms with Crippen molar-refractivity contribution >= 4 is 34.4 Å². The van der Waals surface area contributed by atoms with Crippen LogP contribution in [0.2, 0.25) is 5.02 Å². The number of hydrogen-bond acceptors (Lipinski definition) is 5. The third kappa shape index (κ3) is 4.09. The van der Waals surface area contributed by atoms with Gasteiger partial charge in [-0.3, -0.25) is 14.2 Å². The number of aromatic nitrogens is 2. The molecular weight excluding hydrogens is 482 g/mol. The first kappa shape index (κ1) is 23.6. The van der Waals surface area contributed by atoms with Crippen LogP contribution in [-0.2, 0) is 13.1 Å². The van der Waals surface area contributed by atoms with Crippen LogP contribution in [0.1, 0.15) is 32.1 Å². The number of fused-ring (bicyclic) bond motifs is 3. The predicted molar refractivity (Wildman–Crippen MR) is 136 cm³/mol. The number of aromatic carboxylic acids is 1. The molecule has 8 nitrogen and oxygen atoms in total. The Kier molecular flexibility index (Phi) is 5.97. The number of nitrogens with zero attached hydrogens (tertiary/aromatic N) is 3. The van der Waals surface area contributed by atoms with E-state index in [0.29, 0.717) is 50.7 Å². The fourth-order valence-electron chi connectivity index (χ4n) is 4.54. The summed E-state index contributed by atoms with van der Waals surface area (Å²) in [5.41, 5.74) is 2.87. The van der Waals surface area contributed by atoms with Gasteiger partial charge in [0.1, 0.15) is 18.2 Å². The van der Waals surface area contributed by atoms with Crippen molar-refractivity contribution in [2.75, 3.05) is 13.7 Å². The van der Waals surface area contributed by atoms with Crippen LogP contribution in [0.3, 0.4) is 0 Å². The molecule has 0 radical (unpaired) electrons. The molecule has 3 aromatic carbocycles. The van der Waals surface area contributed by atoms with Crippen LogP contribution in [0.5, 0.6) is 5.75 Å². The third-order valence-electron chi connectivity index (χ3n) is 6.30. The first-order valence-corrected chi connectivity index (χ1v) is 11.7. The Labute approximate surface area is 211 Å². The van der Waals surface area contributed by atoms with Gasteiger partial charge in [0.05, 0.1) is 28.6 Å². The van der Waals surface area contributed by atoms with Gasteiger partial charge in [-0.15, -0.1) is 0 Å². The minimum atomic E-state index is -1.03. The molecule has 1 amide bonds. The minimum Gasteiger partial charge on any atom is -0.491 e. The molecule has 1 aromatic heterocycles. The largest absolute Gasteiger partial charge is 0.491 e. The molecule has 5 rings (SSSR count). The summed E-state index contributed by atoms with van der Waals surface area (Å²) in [6, 6.07) is 15.2. The Morgan fingerprint density at radius 3 is 2.72 bits per heavy atom. The molecule has 0 unspecified atom stereocenters. The smallest absolute Gasteiger partial charge is 0.335 e. The molecule has 1 N–H and O–H groups in total. The lowest BCUT2D eigenvalue weighted by Gasteiger charge is -2.15. The van der Waals surface area contributed by atoms with Gasteiger partial charge in [0.25, 0.3) is 11.5 Å². The van der Waals surface area contributed by atoms with Gasteiger partial charge in [0.2, 0.25) is 0 Å². The van der Waals surface area contributed by atoms with Crippen LogP contribution in [-0.4, -0.2) is 45.1 Å². The summed E-state index contributed by atoms with van der Waals surface area (Å²) < 4.78 is 7.54. The van der Waals surface area contributed by atoms with Crippen molar-refractivity contribution in [1.82, 2.24) is 14.5 Å². The number of halogens is 1. The van der Waals surface area contributed by atoms with Crippen LogP contribution >= 0.6 is 11.6 Å². The SMILES string of the molecule is Cc1nc2ccc3c(c2c(=O)n1CCOc1ccc(Cl)cc1-c1cccc(C(=O)O)c1)C(=O)N(C)C3. The van der Waals surface area contributed by atoms with Gasteiger partial charge in [-0.25, -0.2) is 9.78 Å². The number of ether oxygens (including phenoxy) is 1. The zero-order chi connectivity index (χ0) is 25.6. The lowest BCUT2D eigenvalue weighted by atomic mass is 10.0. The molecule has 0 spiro atoms. The zero-order valence-electron chi connectivity index (χ0n) is 19.6. The number of carboxylic acid groups (broad SMARTS) is 1. The fourth-order valence-corrected chi connectivity index (χ4v) is 4.71. The molecule has 1 aliphatic heterocycles. The number of amides is 1. The number of rotatable bonds is 6. The second-order valence-electron chi connectivity index (χ2n) is 8.65. The third-order valence-corrected chi connectivity index (χ3v) is 6.54. The lowest BCUT2D eigenvalue weighted by Crippen LogP contribution is -2.28. The molecule has 36 heavy (non-hydrogen) atoms. The van der Waals surface area contributed by atoms with E-state index in [2.05, 4.69) is 4.98 Å². The van der Waals surface area contributed by atoms with E-state index in [1.165, 1.54) is 10.6 Å². The van der Waals surface area contributed by atoms with E-state index in [9.17, 15) is 19.5 Å². The van der Waals surface area contributed by atoms with E-state index >= 15 is 0 Å². The molecule has 0 bridgehead atoms. The second-order valence-corrected chi connectivity index (χ2v) is 9.08. The Balaban J connectivity index is 1.46. The first-order chi connectivity index (χ1) is 17.2. The van der Waals surface area contributed by atoms with Gasteiger partial charge in [-0.05, 0) is 54.4 Å². The maximum absolute atomic E-state index is 13.5. The van der Waals surface area contributed by atoms with Gasteiger partial charge in [0.15, 0.2) is 0 Å². The molecule has 4 aromatic rings. The minimum absolute atomic E-state index is 0.143. The molecule has 9 heteroatoms. The molecular formula is C27H22ClN3O5. The topological polar surface area (TPSA) is 102 Å². The monoisotopic (exact) mass is 503 g/mol. The molecule has 0 aliphatic carbocycles. The Morgan fingerprint density at radius 1 is 1.14 bits per heavy atom. The second kappa shape index (κ2) is 9.13. The highest BCUT2D eigenvalue weighted by Crippen LogP contribution is 2.33. The van der Waals surface area contributed by atoms with E-state index in [0.717, 1.165) is 5.56 Å². The van der Waals surface area contributed by atoms with Crippen molar-refractivity contribution in [2.24, 2.45) is 0 Å². The Hall–Kier alpha value is -4.17. The lowest BCUT2D eigenvalue weighted by molar-refractivity contribution is 0.0696. The van der Waals surface area contributed by atoms with E-state index in [4.69, 9.17) is 16.3 Å². The highest BCUT2D eigenvalue weighted by Gasteiger charge is 2.29. The Bertz CT molecular complexity index is 1610. The van der Waals surface area contributed by atoms with Crippen molar-refractivity contribution in [3.05, 3.63) is 92.5 Å². The van der Waals surface area contributed by atoms with Crippen molar-refractivity contribution < 1.29 is 19.4 Å². The summed E-state index contributed by atoms with van der Waals surface area (Å²) in [4.78, 5) is 43.7. The maximum atomic E-state index is 13.5. The average Bonchev–Trinajstić information content (AvgIpc) is 3.15. The highest BCUT2D eigenvalue weighted by molar-refractivity contribution is 6.31. The number of carbonyl (C=O) groups excluding carboxylic acids is 1. The number of hydrogen-bond donors (Lipinski definition) is 1. The quantitative estimate of drug-likeness (QED) is 0.419. The summed E-state index contributed by atoms with van der Waals surface area (Å²) in [5.74, 6) is -0.203. The van der Waals surface area contributed by atoms with Crippen LogP contribution in [0, 0.1) is 6.92 Å². The molecule has 2 heterocycles. The summed E-state index contributed by atoms with van der Waals surface area (Å²) in [6.45, 7) is 2.55. The molecule has 0 saturated heterocycles. The molecule has 0 saturated carbocycles. The van der Waals surface area contributed by atoms with Crippen molar-refractivity contribution in [3.8, 4) is 16.9 Å². The van der Waals surface area contributed by atoms with Crippen molar-refractivity contribution in [3.63, 3.8) is 0 Å². The van der Waals surface area contributed by atoms with Crippen LogP contribution in [0.4, 0.5) is 0 Å². The van der Waals surface area contributed by atoms with Crippen molar-refractivity contribution in [2.45, 2.75) is 20.0 Å². The average molecular weight is 504 g/mol. The summed E-state index contributed by atoms with van der Waals surface area (Å²) in [5, 5.41) is 10.1. The van der Waals surface area contributed by atoms with Crippen LogP contribution in [0.25, 0.3) is 22.0 Å². The first-order valence-electron chi connectivity index (χ1n) is 11.3. The van der Waals surface area contributed by atoms with E-state index in [-0.39, 0.29) is 30.2 Å². The van der Waals surface area contributed by atoms with E-state index in [1.54, 1.807) is 61.3 Å². The maximum Gasteiger partial charge on any atom is 0.335 e. The van der Waals surface area contributed by atoms with Gasteiger partial charge in [-0.2, -0.15) is 0 Å². The van der Waals surface area contributed by atoms with Gasteiger partial charge in [-0.1, -0.05) is 29.8 Å². The summed E-state index contributed by atoms with van der Waals surface area (Å²) >= 11 is 6.21. The van der Waals surface area contributed by atoms with E-state index in [1.807, 2.05) is 6.07 Å². The van der Waals surface area contributed by atoms with Crippen LogP contribution in [0.15, 0.2) is 59.4 Å². The molecule has 182 valence electrons. The van der Waals surface area contributed by atoms with E-state index < -0.39 is 5.97 Å². The van der Waals surface area contributed by atoms with Gasteiger partial charge >= 0.3 is 5.97 Å². The predicted octanol–water partition coefficient (Wildman–Crippen LogP) is 4.39.